The molecule has 2 aromatic carbocycles. The molecule has 128 valence electrons. The van der Waals surface area contributed by atoms with E-state index in [0.29, 0.717) is 27.4 Å². The molecule has 0 aliphatic carbocycles. The fraction of sp³-hybridized carbons (Fsp3) is 0.111. The summed E-state index contributed by atoms with van der Waals surface area (Å²) >= 11 is 12.0. The van der Waals surface area contributed by atoms with Gasteiger partial charge in [0.15, 0.2) is 11.6 Å². The molecule has 0 aliphatic heterocycles. The fourth-order valence-electron chi connectivity index (χ4n) is 2.47. The van der Waals surface area contributed by atoms with E-state index in [1.165, 1.54) is 6.33 Å². The molecule has 0 saturated heterocycles. The van der Waals surface area contributed by atoms with Gasteiger partial charge in [0.2, 0.25) is 0 Å². The summed E-state index contributed by atoms with van der Waals surface area (Å²) < 4.78 is 0. The van der Waals surface area contributed by atoms with Crippen molar-refractivity contribution in [2.24, 2.45) is 0 Å². The monoisotopic (exact) mass is 373 g/mol. The Balaban J connectivity index is 1.95. The zero-order valence-electron chi connectivity index (χ0n) is 13.6. The fourth-order valence-corrected chi connectivity index (χ4v) is 2.77. The van der Waals surface area contributed by atoms with E-state index in [-0.39, 0.29) is 0 Å². The van der Waals surface area contributed by atoms with Crippen LogP contribution in [-0.2, 0) is 0 Å². The molecular weight excluding hydrogens is 357 g/mol. The van der Waals surface area contributed by atoms with Crippen LogP contribution in [0.2, 0.25) is 10.0 Å². The van der Waals surface area contributed by atoms with E-state index in [4.69, 9.17) is 28.9 Å². The molecule has 0 atom stereocenters. The van der Waals surface area contributed by atoms with Crippen LogP contribution in [-0.4, -0.2) is 16.5 Å². The van der Waals surface area contributed by atoms with Crippen LogP contribution >= 0.6 is 23.2 Å². The number of nitrogens with two attached hydrogens (primary N) is 1. The SMILES string of the molecule is CCN(c1ccccc1)c1ncnc(Nc2ccc(Cl)c(Cl)c2)c1N. The average Bonchev–Trinajstić information content (AvgIpc) is 2.63. The molecular formula is C18H17Cl2N5. The highest BCUT2D eigenvalue weighted by Crippen LogP contribution is 2.33. The molecule has 1 aromatic heterocycles. The van der Waals surface area contributed by atoms with Crippen LogP contribution in [0.15, 0.2) is 54.9 Å². The zero-order chi connectivity index (χ0) is 17.8. The van der Waals surface area contributed by atoms with E-state index < -0.39 is 0 Å². The van der Waals surface area contributed by atoms with Gasteiger partial charge in [0.25, 0.3) is 0 Å². The first kappa shape index (κ1) is 17.3. The number of rotatable bonds is 5. The van der Waals surface area contributed by atoms with Gasteiger partial charge < -0.3 is 16.0 Å². The first-order chi connectivity index (χ1) is 12.1. The van der Waals surface area contributed by atoms with E-state index >= 15 is 0 Å². The largest absolute Gasteiger partial charge is 0.393 e. The Morgan fingerprint density at radius 3 is 2.48 bits per heavy atom. The number of hydrogen-bond donors (Lipinski definition) is 2. The molecule has 25 heavy (non-hydrogen) atoms. The molecule has 3 rings (SSSR count). The smallest absolute Gasteiger partial charge is 0.161 e. The normalized spacial score (nSPS) is 10.5. The van der Waals surface area contributed by atoms with Gasteiger partial charge in [-0.15, -0.1) is 0 Å². The maximum Gasteiger partial charge on any atom is 0.161 e. The van der Waals surface area contributed by atoms with E-state index in [9.17, 15) is 0 Å². The minimum absolute atomic E-state index is 0.457. The number of halogens is 2. The second-order valence-electron chi connectivity index (χ2n) is 5.29. The minimum atomic E-state index is 0.457. The molecule has 0 spiro atoms. The third kappa shape index (κ3) is 3.78. The Kier molecular flexibility index (Phi) is 5.26. The molecule has 0 bridgehead atoms. The summed E-state index contributed by atoms with van der Waals surface area (Å²) in [6.45, 7) is 2.76. The summed E-state index contributed by atoms with van der Waals surface area (Å²) in [6.07, 6.45) is 1.48. The highest BCUT2D eigenvalue weighted by molar-refractivity contribution is 6.42. The summed E-state index contributed by atoms with van der Waals surface area (Å²) in [5.74, 6) is 1.16. The van der Waals surface area contributed by atoms with Crippen molar-refractivity contribution in [2.75, 3.05) is 22.5 Å². The molecule has 3 N–H and O–H groups in total. The van der Waals surface area contributed by atoms with E-state index in [0.717, 1.165) is 17.9 Å². The highest BCUT2D eigenvalue weighted by Gasteiger charge is 2.15. The lowest BCUT2D eigenvalue weighted by molar-refractivity contribution is 0.980. The first-order valence-corrected chi connectivity index (χ1v) is 8.51. The molecule has 3 aromatic rings. The van der Waals surface area contributed by atoms with E-state index in [1.807, 2.05) is 48.2 Å². The average molecular weight is 374 g/mol. The number of aromatic nitrogens is 2. The molecule has 1 heterocycles. The van der Waals surface area contributed by atoms with Crippen LogP contribution in [0.5, 0.6) is 0 Å². The lowest BCUT2D eigenvalue weighted by Crippen LogP contribution is -2.19. The van der Waals surface area contributed by atoms with Crippen molar-refractivity contribution in [1.29, 1.82) is 0 Å². The van der Waals surface area contributed by atoms with Crippen LogP contribution in [0, 0.1) is 0 Å². The van der Waals surface area contributed by atoms with Crippen molar-refractivity contribution in [3.63, 3.8) is 0 Å². The number of nitrogen functional groups attached to an aromatic ring is 1. The lowest BCUT2D eigenvalue weighted by Gasteiger charge is -2.24. The number of nitrogens with zero attached hydrogens (tertiary/aromatic N) is 3. The van der Waals surface area contributed by atoms with E-state index in [2.05, 4.69) is 15.3 Å². The maximum atomic E-state index is 6.32. The van der Waals surface area contributed by atoms with Gasteiger partial charge in [0, 0.05) is 17.9 Å². The second-order valence-corrected chi connectivity index (χ2v) is 6.11. The number of hydrogen-bond acceptors (Lipinski definition) is 5. The van der Waals surface area contributed by atoms with Crippen LogP contribution < -0.4 is 16.0 Å². The van der Waals surface area contributed by atoms with Crippen molar-refractivity contribution < 1.29 is 0 Å². The predicted octanol–water partition coefficient (Wildman–Crippen LogP) is 5.27. The lowest BCUT2D eigenvalue weighted by atomic mass is 10.2. The minimum Gasteiger partial charge on any atom is -0.393 e. The number of benzene rings is 2. The van der Waals surface area contributed by atoms with Gasteiger partial charge in [0.1, 0.15) is 12.0 Å². The van der Waals surface area contributed by atoms with Gasteiger partial charge >= 0.3 is 0 Å². The van der Waals surface area contributed by atoms with Gasteiger partial charge in [0.05, 0.1) is 10.0 Å². The second kappa shape index (κ2) is 7.59. The molecule has 0 saturated carbocycles. The summed E-state index contributed by atoms with van der Waals surface area (Å²) in [5.41, 5.74) is 8.54. The Hall–Kier alpha value is -2.50. The van der Waals surface area contributed by atoms with Crippen molar-refractivity contribution in [1.82, 2.24) is 9.97 Å². The zero-order valence-corrected chi connectivity index (χ0v) is 15.1. The first-order valence-electron chi connectivity index (χ1n) is 7.75. The molecule has 0 amide bonds. The standard InChI is InChI=1S/C18H17Cl2N5/c1-2-25(13-6-4-3-5-7-13)18-16(21)17(22-11-23-18)24-12-8-9-14(19)15(20)10-12/h3-11H,2,21H2,1H3,(H,22,23,24). The summed E-state index contributed by atoms with van der Waals surface area (Å²) in [7, 11) is 0. The third-order valence-electron chi connectivity index (χ3n) is 3.68. The quantitative estimate of drug-likeness (QED) is 0.637. The predicted molar refractivity (Wildman–Crippen MR) is 105 cm³/mol. The molecule has 0 fully saturated rings. The number of anilines is 5. The van der Waals surface area contributed by atoms with Gasteiger partial charge in [-0.25, -0.2) is 9.97 Å². The third-order valence-corrected chi connectivity index (χ3v) is 4.42. The van der Waals surface area contributed by atoms with Crippen molar-refractivity contribution in [3.05, 3.63) is 64.9 Å². The van der Waals surface area contributed by atoms with Crippen LogP contribution in [0.1, 0.15) is 6.92 Å². The van der Waals surface area contributed by atoms with Crippen molar-refractivity contribution in [3.8, 4) is 0 Å². The van der Waals surface area contributed by atoms with Crippen molar-refractivity contribution in [2.45, 2.75) is 6.92 Å². The molecule has 5 nitrogen and oxygen atoms in total. The Morgan fingerprint density at radius 2 is 1.80 bits per heavy atom. The van der Waals surface area contributed by atoms with Crippen molar-refractivity contribution >= 4 is 51.9 Å². The summed E-state index contributed by atoms with van der Waals surface area (Å²) in [4.78, 5) is 10.6. The maximum absolute atomic E-state index is 6.32. The number of para-hydroxylation sites is 1. The molecule has 0 unspecified atom stereocenters. The van der Waals surface area contributed by atoms with Crippen LogP contribution in [0.4, 0.5) is 28.7 Å². The van der Waals surface area contributed by atoms with Gasteiger partial charge in [-0.2, -0.15) is 0 Å². The van der Waals surface area contributed by atoms with Crippen LogP contribution in [0.25, 0.3) is 0 Å². The van der Waals surface area contributed by atoms with Gasteiger partial charge in [-0.05, 0) is 37.3 Å². The number of nitrogens with one attached hydrogen (secondary N) is 1. The Bertz CT molecular complexity index is 871. The summed E-state index contributed by atoms with van der Waals surface area (Å²) in [5, 5.41) is 4.11. The van der Waals surface area contributed by atoms with Gasteiger partial charge in [-0.3, -0.25) is 0 Å². The van der Waals surface area contributed by atoms with Crippen LogP contribution in [0.3, 0.4) is 0 Å². The highest BCUT2D eigenvalue weighted by atomic mass is 35.5. The molecule has 7 heteroatoms. The van der Waals surface area contributed by atoms with Gasteiger partial charge in [-0.1, -0.05) is 41.4 Å². The molecule has 0 radical (unpaired) electrons. The molecule has 0 aliphatic rings. The van der Waals surface area contributed by atoms with E-state index in [1.54, 1.807) is 12.1 Å². The topological polar surface area (TPSA) is 67.1 Å². The Morgan fingerprint density at radius 1 is 1.04 bits per heavy atom. The Labute approximate surface area is 156 Å². The summed E-state index contributed by atoms with van der Waals surface area (Å²) in [6, 6.07) is 15.2.